The molecule has 2 atom stereocenters. The number of rotatable bonds is 3. The highest BCUT2D eigenvalue weighted by Gasteiger charge is 2.19. The van der Waals surface area contributed by atoms with Crippen LogP contribution >= 0.6 is 0 Å². The average Bonchev–Trinajstić information content (AvgIpc) is 2.04. The van der Waals surface area contributed by atoms with Crippen molar-refractivity contribution in [3.63, 3.8) is 0 Å². The predicted molar refractivity (Wildman–Crippen MR) is 41.5 cm³/mol. The van der Waals surface area contributed by atoms with E-state index in [-0.39, 0.29) is 12.2 Å². The summed E-state index contributed by atoms with van der Waals surface area (Å²) in [6.45, 7) is 3.85. The highest BCUT2D eigenvalue weighted by Crippen LogP contribution is 2.13. The zero-order chi connectivity index (χ0) is 8.10. The van der Waals surface area contributed by atoms with Gasteiger partial charge in [0.05, 0.1) is 25.4 Å². The first-order valence-electron chi connectivity index (χ1n) is 4.20. The molecule has 3 nitrogen and oxygen atoms in total. The zero-order valence-electron chi connectivity index (χ0n) is 6.95. The number of aliphatic hydroxyl groups excluding tert-OH is 1. The number of hydrogen-bond donors (Lipinski definition) is 1. The highest BCUT2D eigenvalue weighted by molar-refractivity contribution is 4.68. The van der Waals surface area contributed by atoms with Crippen LogP contribution in [-0.4, -0.2) is 37.1 Å². The first kappa shape index (κ1) is 8.97. The fourth-order valence-corrected chi connectivity index (χ4v) is 1.17. The quantitative estimate of drug-likeness (QED) is 0.655. The molecule has 3 heteroatoms. The highest BCUT2D eigenvalue weighted by atomic mass is 16.5. The van der Waals surface area contributed by atoms with Gasteiger partial charge in [-0.2, -0.15) is 0 Å². The molecular weight excluding hydrogens is 144 g/mol. The third-order valence-corrected chi connectivity index (χ3v) is 1.85. The first-order valence-corrected chi connectivity index (χ1v) is 4.20. The van der Waals surface area contributed by atoms with Gasteiger partial charge in [0.2, 0.25) is 0 Å². The second kappa shape index (κ2) is 4.70. The van der Waals surface area contributed by atoms with Gasteiger partial charge in [-0.25, -0.2) is 0 Å². The van der Waals surface area contributed by atoms with Gasteiger partial charge in [0.1, 0.15) is 0 Å². The van der Waals surface area contributed by atoms with Crippen molar-refractivity contribution in [2.75, 3.05) is 19.8 Å². The van der Waals surface area contributed by atoms with Crippen molar-refractivity contribution >= 4 is 0 Å². The molecule has 0 spiro atoms. The molecule has 1 rings (SSSR count). The van der Waals surface area contributed by atoms with Crippen LogP contribution in [0.25, 0.3) is 0 Å². The minimum atomic E-state index is -0.257. The van der Waals surface area contributed by atoms with Crippen LogP contribution in [0.2, 0.25) is 0 Å². The van der Waals surface area contributed by atoms with Gasteiger partial charge >= 0.3 is 0 Å². The summed E-state index contributed by atoms with van der Waals surface area (Å²) in [5.74, 6) is 0. The van der Waals surface area contributed by atoms with E-state index in [1.165, 1.54) is 0 Å². The molecule has 0 bridgehead atoms. The van der Waals surface area contributed by atoms with E-state index in [1.54, 1.807) is 0 Å². The van der Waals surface area contributed by atoms with E-state index in [0.717, 1.165) is 19.4 Å². The average molecular weight is 160 g/mol. The van der Waals surface area contributed by atoms with Crippen LogP contribution in [0, 0.1) is 0 Å². The second-order valence-electron chi connectivity index (χ2n) is 2.85. The molecule has 1 aliphatic rings. The molecule has 1 N–H and O–H groups in total. The summed E-state index contributed by atoms with van der Waals surface area (Å²) in [6, 6.07) is 0. The van der Waals surface area contributed by atoms with Crippen molar-refractivity contribution < 1.29 is 14.6 Å². The lowest BCUT2D eigenvalue weighted by Crippen LogP contribution is -2.32. The molecule has 0 saturated carbocycles. The number of aliphatic hydroxyl groups is 1. The van der Waals surface area contributed by atoms with Gasteiger partial charge in [-0.05, 0) is 19.8 Å². The van der Waals surface area contributed by atoms with Crippen LogP contribution < -0.4 is 0 Å². The Morgan fingerprint density at radius 3 is 2.91 bits per heavy atom. The minimum Gasteiger partial charge on any atom is -0.391 e. The lowest BCUT2D eigenvalue weighted by atomic mass is 10.1. The van der Waals surface area contributed by atoms with Crippen LogP contribution in [0.3, 0.4) is 0 Å². The Hall–Kier alpha value is -0.120. The molecule has 1 aliphatic heterocycles. The maximum absolute atomic E-state index is 9.09. The van der Waals surface area contributed by atoms with Gasteiger partial charge in [0.15, 0.2) is 0 Å². The van der Waals surface area contributed by atoms with Crippen LogP contribution in [0.15, 0.2) is 0 Å². The maximum atomic E-state index is 9.09. The molecule has 1 saturated heterocycles. The van der Waals surface area contributed by atoms with Crippen LogP contribution in [0.5, 0.6) is 0 Å². The minimum absolute atomic E-state index is 0.207. The van der Waals surface area contributed by atoms with E-state index in [4.69, 9.17) is 14.6 Å². The van der Waals surface area contributed by atoms with Crippen molar-refractivity contribution in [1.29, 1.82) is 0 Å². The molecular formula is C8H16O3. The van der Waals surface area contributed by atoms with Crippen molar-refractivity contribution in [3.8, 4) is 0 Å². The summed E-state index contributed by atoms with van der Waals surface area (Å²) >= 11 is 0. The summed E-state index contributed by atoms with van der Waals surface area (Å²) in [6.07, 6.45) is 1.71. The van der Waals surface area contributed by atoms with E-state index < -0.39 is 0 Å². The smallest absolute Gasteiger partial charge is 0.0810 e. The molecule has 0 aliphatic carbocycles. The Morgan fingerprint density at radius 1 is 1.55 bits per heavy atom. The predicted octanol–water partition coefficient (Wildman–Crippen LogP) is 0.563. The summed E-state index contributed by atoms with van der Waals surface area (Å²) in [5, 5.41) is 9.09. The molecule has 0 aromatic heterocycles. The monoisotopic (exact) mass is 160 g/mol. The molecule has 2 unspecified atom stereocenters. The molecule has 0 aromatic carbocycles. The van der Waals surface area contributed by atoms with Gasteiger partial charge < -0.3 is 14.6 Å². The van der Waals surface area contributed by atoms with E-state index in [9.17, 15) is 0 Å². The van der Waals surface area contributed by atoms with Crippen molar-refractivity contribution in [2.45, 2.75) is 32.0 Å². The van der Waals surface area contributed by atoms with Crippen molar-refractivity contribution in [1.82, 2.24) is 0 Å². The maximum Gasteiger partial charge on any atom is 0.0810 e. The molecule has 1 heterocycles. The van der Waals surface area contributed by atoms with Gasteiger partial charge in [0, 0.05) is 6.61 Å². The van der Waals surface area contributed by atoms with E-state index in [1.807, 2.05) is 6.92 Å². The molecule has 0 amide bonds. The fourth-order valence-electron chi connectivity index (χ4n) is 1.17. The van der Waals surface area contributed by atoms with Crippen LogP contribution in [0.4, 0.5) is 0 Å². The Labute approximate surface area is 67.3 Å². The third-order valence-electron chi connectivity index (χ3n) is 1.85. The van der Waals surface area contributed by atoms with Crippen molar-refractivity contribution in [2.24, 2.45) is 0 Å². The Morgan fingerprint density at radius 2 is 2.36 bits per heavy atom. The standard InChI is InChI=1S/C8H16O3/c1-2-10-6-8-4-3-7(9)5-11-8/h7-9H,2-6H2,1H3. The van der Waals surface area contributed by atoms with Crippen LogP contribution in [0.1, 0.15) is 19.8 Å². The van der Waals surface area contributed by atoms with Gasteiger partial charge in [-0.1, -0.05) is 0 Å². The Bertz CT molecular complexity index is 94.8. The second-order valence-corrected chi connectivity index (χ2v) is 2.85. The normalized spacial score (nSPS) is 32.2. The van der Waals surface area contributed by atoms with E-state index in [0.29, 0.717) is 13.2 Å². The lowest BCUT2D eigenvalue weighted by Gasteiger charge is -2.25. The summed E-state index contributed by atoms with van der Waals surface area (Å²) < 4.78 is 10.5. The fraction of sp³-hybridized carbons (Fsp3) is 1.00. The summed E-state index contributed by atoms with van der Waals surface area (Å²) in [5.41, 5.74) is 0. The zero-order valence-corrected chi connectivity index (χ0v) is 6.95. The Balaban J connectivity index is 2.07. The van der Waals surface area contributed by atoms with E-state index >= 15 is 0 Å². The SMILES string of the molecule is CCOCC1CCC(O)CO1. The Kier molecular flexibility index (Phi) is 3.83. The summed E-state index contributed by atoms with van der Waals surface area (Å²) in [4.78, 5) is 0. The number of ether oxygens (including phenoxy) is 2. The number of hydrogen-bond acceptors (Lipinski definition) is 3. The van der Waals surface area contributed by atoms with Gasteiger partial charge in [-0.3, -0.25) is 0 Å². The molecule has 66 valence electrons. The van der Waals surface area contributed by atoms with Crippen LogP contribution in [-0.2, 0) is 9.47 Å². The molecule has 0 aromatic rings. The molecule has 11 heavy (non-hydrogen) atoms. The van der Waals surface area contributed by atoms with Crippen molar-refractivity contribution in [3.05, 3.63) is 0 Å². The van der Waals surface area contributed by atoms with Gasteiger partial charge in [-0.15, -0.1) is 0 Å². The van der Waals surface area contributed by atoms with E-state index in [2.05, 4.69) is 0 Å². The summed E-state index contributed by atoms with van der Waals surface area (Å²) in [7, 11) is 0. The first-order chi connectivity index (χ1) is 5.33. The molecule has 1 fully saturated rings. The van der Waals surface area contributed by atoms with Gasteiger partial charge in [0.25, 0.3) is 0 Å². The topological polar surface area (TPSA) is 38.7 Å². The molecule has 0 radical (unpaired) electrons. The largest absolute Gasteiger partial charge is 0.391 e. The third kappa shape index (κ3) is 3.18. The lowest BCUT2D eigenvalue weighted by molar-refractivity contribution is -0.0844.